The lowest BCUT2D eigenvalue weighted by molar-refractivity contribution is 0.0585. The Morgan fingerprint density at radius 3 is 2.66 bits per heavy atom. The van der Waals surface area contributed by atoms with E-state index in [9.17, 15) is 4.79 Å². The van der Waals surface area contributed by atoms with Crippen molar-refractivity contribution in [3.8, 4) is 0 Å². The molecule has 1 aliphatic heterocycles. The number of H-pyrrole nitrogens is 1. The lowest BCUT2D eigenvalue weighted by Crippen LogP contribution is -2.49. The number of piperazine rings is 1. The zero-order valence-electron chi connectivity index (χ0n) is 16.7. The summed E-state index contributed by atoms with van der Waals surface area (Å²) in [5, 5.41) is 1.24. The van der Waals surface area contributed by atoms with Gasteiger partial charge in [-0.25, -0.2) is 0 Å². The molecule has 2 aliphatic rings. The maximum Gasteiger partial charge on any atom is 0.253 e. The predicted molar refractivity (Wildman–Crippen MR) is 120 cm³/mol. The van der Waals surface area contributed by atoms with E-state index in [0.717, 1.165) is 48.9 Å². The molecule has 1 N–H and O–H groups in total. The van der Waals surface area contributed by atoms with Gasteiger partial charge in [0.05, 0.1) is 4.34 Å². The molecule has 2 aromatic heterocycles. The first-order valence-corrected chi connectivity index (χ1v) is 11.7. The second-order valence-electron chi connectivity index (χ2n) is 8.20. The van der Waals surface area contributed by atoms with Gasteiger partial charge in [0.1, 0.15) is 0 Å². The zero-order valence-corrected chi connectivity index (χ0v) is 18.3. The van der Waals surface area contributed by atoms with E-state index in [2.05, 4.69) is 35.0 Å². The van der Waals surface area contributed by atoms with Crippen molar-refractivity contribution in [1.82, 2.24) is 14.8 Å². The summed E-state index contributed by atoms with van der Waals surface area (Å²) in [4.78, 5) is 22.5. The minimum Gasteiger partial charge on any atom is -0.358 e. The fourth-order valence-electron chi connectivity index (χ4n) is 4.77. The topological polar surface area (TPSA) is 39.3 Å². The molecule has 3 heterocycles. The average molecular weight is 428 g/mol. The van der Waals surface area contributed by atoms with Crippen molar-refractivity contribution in [3.05, 3.63) is 56.4 Å². The SMILES string of the molecule is CC(c1ccc(Cl)s1)N1CCN(C(=O)c2ccc3[nH]c4c(c3c2)CCCC4)CC1. The summed E-state index contributed by atoms with van der Waals surface area (Å²) in [5.74, 6) is 0.157. The molecule has 152 valence electrons. The van der Waals surface area contributed by atoms with Crippen molar-refractivity contribution in [1.29, 1.82) is 0 Å². The molecule has 3 aromatic rings. The number of carbonyl (C=O) groups is 1. The third-order valence-corrected chi connectivity index (χ3v) is 7.90. The number of aromatic amines is 1. The first-order chi connectivity index (χ1) is 14.1. The molecular formula is C23H26ClN3OS. The van der Waals surface area contributed by atoms with Crippen molar-refractivity contribution in [2.45, 2.75) is 38.6 Å². The quantitative estimate of drug-likeness (QED) is 0.617. The zero-order chi connectivity index (χ0) is 20.0. The molecule has 5 rings (SSSR count). The largest absolute Gasteiger partial charge is 0.358 e. The first-order valence-electron chi connectivity index (χ1n) is 10.5. The number of halogens is 1. The molecule has 0 saturated carbocycles. The number of thiophene rings is 1. The van der Waals surface area contributed by atoms with Crippen LogP contribution in [-0.4, -0.2) is 46.9 Å². The third-order valence-electron chi connectivity index (χ3n) is 6.50. The van der Waals surface area contributed by atoms with Gasteiger partial charge in [-0.3, -0.25) is 9.69 Å². The van der Waals surface area contributed by atoms with E-state index in [0.29, 0.717) is 6.04 Å². The fraction of sp³-hybridized carbons (Fsp3) is 0.435. The van der Waals surface area contributed by atoms with Crippen LogP contribution in [0.15, 0.2) is 30.3 Å². The van der Waals surface area contributed by atoms with E-state index < -0.39 is 0 Å². The number of aromatic nitrogens is 1. The van der Waals surface area contributed by atoms with Gasteiger partial charge in [-0.1, -0.05) is 11.6 Å². The van der Waals surface area contributed by atoms with Gasteiger partial charge in [0.2, 0.25) is 0 Å². The maximum absolute atomic E-state index is 13.2. The normalized spacial score (nSPS) is 18.8. The first kappa shape index (κ1) is 19.2. The molecule has 4 nitrogen and oxygen atoms in total. The Labute approximate surface area is 180 Å². The van der Waals surface area contributed by atoms with Crippen LogP contribution in [-0.2, 0) is 12.8 Å². The highest BCUT2D eigenvalue weighted by atomic mass is 35.5. The van der Waals surface area contributed by atoms with Crippen molar-refractivity contribution in [2.24, 2.45) is 0 Å². The lowest BCUT2D eigenvalue weighted by Gasteiger charge is -2.37. The number of hydrogen-bond acceptors (Lipinski definition) is 3. The van der Waals surface area contributed by atoms with Gasteiger partial charge < -0.3 is 9.88 Å². The number of nitrogens with one attached hydrogen (secondary N) is 1. The van der Waals surface area contributed by atoms with Gasteiger partial charge >= 0.3 is 0 Å². The van der Waals surface area contributed by atoms with Gasteiger partial charge in [0, 0.05) is 59.3 Å². The molecule has 0 radical (unpaired) electrons. The number of hydrogen-bond donors (Lipinski definition) is 1. The Balaban J connectivity index is 1.29. The molecule has 1 atom stereocenters. The van der Waals surface area contributed by atoms with Crippen LogP contribution in [0, 0.1) is 0 Å². The number of nitrogens with zero attached hydrogens (tertiary/aromatic N) is 2. The highest BCUT2D eigenvalue weighted by molar-refractivity contribution is 7.16. The van der Waals surface area contributed by atoms with Crippen LogP contribution in [0.2, 0.25) is 4.34 Å². The number of aryl methyl sites for hydroxylation is 2. The lowest BCUT2D eigenvalue weighted by atomic mass is 9.95. The molecule has 1 saturated heterocycles. The van der Waals surface area contributed by atoms with Gasteiger partial charge in [-0.15, -0.1) is 11.3 Å². The van der Waals surface area contributed by atoms with E-state index in [1.807, 2.05) is 17.0 Å². The summed E-state index contributed by atoms with van der Waals surface area (Å²) in [7, 11) is 0. The summed E-state index contributed by atoms with van der Waals surface area (Å²) < 4.78 is 0.836. The standard InChI is InChI=1S/C23H26ClN3OS/c1-15(21-8-9-22(24)29-21)26-10-12-27(13-11-26)23(28)16-6-7-20-18(14-16)17-4-2-3-5-19(17)25-20/h6-9,14-15,25H,2-5,10-13H2,1H3. The fourth-order valence-corrected chi connectivity index (χ4v) is 5.91. The smallest absolute Gasteiger partial charge is 0.253 e. The Kier molecular flexibility index (Phi) is 5.14. The van der Waals surface area contributed by atoms with Gasteiger partial charge in [0.15, 0.2) is 0 Å². The minimum atomic E-state index is 0.157. The molecule has 0 spiro atoms. The molecule has 1 aromatic carbocycles. The van der Waals surface area contributed by atoms with Gasteiger partial charge in [-0.2, -0.15) is 0 Å². The summed E-state index contributed by atoms with van der Waals surface area (Å²) in [6.45, 7) is 5.55. The highest BCUT2D eigenvalue weighted by Gasteiger charge is 2.26. The number of benzene rings is 1. The Morgan fingerprint density at radius 2 is 1.90 bits per heavy atom. The van der Waals surface area contributed by atoms with Crippen LogP contribution in [0.3, 0.4) is 0 Å². The number of carbonyl (C=O) groups excluding carboxylic acids is 1. The summed E-state index contributed by atoms with van der Waals surface area (Å²) in [6.07, 6.45) is 4.75. The third kappa shape index (κ3) is 3.60. The predicted octanol–water partition coefficient (Wildman–Crippen LogP) is 5.28. The van der Waals surface area contributed by atoms with Crippen molar-refractivity contribution in [2.75, 3.05) is 26.2 Å². The van der Waals surface area contributed by atoms with E-state index in [-0.39, 0.29) is 5.91 Å². The maximum atomic E-state index is 13.2. The molecule has 0 bridgehead atoms. The van der Waals surface area contributed by atoms with Crippen LogP contribution in [0.4, 0.5) is 0 Å². The average Bonchev–Trinajstić information content (AvgIpc) is 3.36. The molecule has 6 heteroatoms. The molecule has 1 amide bonds. The van der Waals surface area contributed by atoms with Crippen molar-refractivity contribution in [3.63, 3.8) is 0 Å². The Bertz CT molecular complexity index is 1050. The van der Waals surface area contributed by atoms with E-state index in [1.54, 1.807) is 11.3 Å². The molecule has 1 fully saturated rings. The Morgan fingerprint density at radius 1 is 1.10 bits per heavy atom. The van der Waals surface area contributed by atoms with E-state index >= 15 is 0 Å². The van der Waals surface area contributed by atoms with Crippen LogP contribution >= 0.6 is 22.9 Å². The monoisotopic (exact) mass is 427 g/mol. The van der Waals surface area contributed by atoms with Crippen molar-refractivity contribution < 1.29 is 4.79 Å². The Hall–Kier alpha value is -1.82. The number of rotatable bonds is 3. The van der Waals surface area contributed by atoms with Crippen LogP contribution in [0.5, 0.6) is 0 Å². The summed E-state index contributed by atoms with van der Waals surface area (Å²) in [6, 6.07) is 10.6. The van der Waals surface area contributed by atoms with Crippen LogP contribution in [0.25, 0.3) is 10.9 Å². The van der Waals surface area contributed by atoms with Gasteiger partial charge in [0.25, 0.3) is 5.91 Å². The highest BCUT2D eigenvalue weighted by Crippen LogP contribution is 2.32. The second kappa shape index (κ2) is 7.78. The molecule has 29 heavy (non-hydrogen) atoms. The summed E-state index contributed by atoms with van der Waals surface area (Å²) in [5.41, 5.74) is 4.78. The van der Waals surface area contributed by atoms with E-state index in [1.165, 1.54) is 39.9 Å². The second-order valence-corrected chi connectivity index (χ2v) is 9.94. The molecular weight excluding hydrogens is 402 g/mol. The van der Waals surface area contributed by atoms with Crippen molar-refractivity contribution >= 4 is 39.7 Å². The number of amides is 1. The minimum absolute atomic E-state index is 0.157. The van der Waals surface area contributed by atoms with Gasteiger partial charge in [-0.05, 0) is 68.5 Å². The van der Waals surface area contributed by atoms with E-state index in [4.69, 9.17) is 11.6 Å². The number of fused-ring (bicyclic) bond motifs is 3. The van der Waals surface area contributed by atoms with Crippen LogP contribution in [0.1, 0.15) is 52.3 Å². The molecule has 1 aliphatic carbocycles. The summed E-state index contributed by atoms with van der Waals surface area (Å²) >= 11 is 7.75. The van der Waals surface area contributed by atoms with Crippen LogP contribution < -0.4 is 0 Å². The molecule has 1 unspecified atom stereocenters.